The zero-order valence-electron chi connectivity index (χ0n) is 10.2. The predicted molar refractivity (Wildman–Crippen MR) is 76.5 cm³/mol. The molecule has 0 aliphatic carbocycles. The van der Waals surface area contributed by atoms with Gasteiger partial charge in [-0.05, 0) is 35.0 Å². The Labute approximate surface area is 113 Å². The molecule has 3 rings (SSSR count). The van der Waals surface area contributed by atoms with Crippen molar-refractivity contribution < 1.29 is 24.6 Å². The van der Waals surface area contributed by atoms with Gasteiger partial charge in [0.15, 0.2) is 0 Å². The molecule has 0 unspecified atom stereocenters. The molecule has 0 saturated carbocycles. The van der Waals surface area contributed by atoms with Gasteiger partial charge in [-0.15, -0.1) is 0 Å². The van der Waals surface area contributed by atoms with Gasteiger partial charge in [-0.3, -0.25) is 4.57 Å². The summed E-state index contributed by atoms with van der Waals surface area (Å²) in [6.07, 6.45) is 0. The summed E-state index contributed by atoms with van der Waals surface area (Å²) in [7, 11) is -4.63. The highest BCUT2D eigenvalue weighted by molar-refractivity contribution is 7.61. The second-order valence-corrected chi connectivity index (χ2v) is 6.08. The minimum Gasteiger partial charge on any atom is -0.507 e. The molecule has 0 fully saturated rings. The molecular weight excluding hydrogens is 279 g/mol. The monoisotopic (exact) mass is 290 g/mol. The first-order valence-electron chi connectivity index (χ1n) is 5.81. The second-order valence-electron chi connectivity index (χ2n) is 4.55. The maximum Gasteiger partial charge on any atom is 0.360 e. The van der Waals surface area contributed by atoms with Crippen molar-refractivity contribution in [3.63, 3.8) is 0 Å². The van der Waals surface area contributed by atoms with Crippen molar-refractivity contribution >= 4 is 34.4 Å². The molecule has 0 spiro atoms. The van der Waals surface area contributed by atoms with Crippen LogP contribution in [-0.2, 0) is 4.57 Å². The smallest absolute Gasteiger partial charge is 0.360 e. The fourth-order valence-corrected chi connectivity index (χ4v) is 3.24. The Hall–Kier alpha value is -2.07. The SMILES string of the molecule is O=P(O)(O)c1c(O)ccc2cc3cccc(O)c3cc12. The fourth-order valence-electron chi connectivity index (χ4n) is 2.36. The molecule has 5 nitrogen and oxygen atoms in total. The number of phenolic OH excluding ortho intramolecular Hbond substituents is 2. The van der Waals surface area contributed by atoms with Crippen molar-refractivity contribution in [2.24, 2.45) is 0 Å². The zero-order chi connectivity index (χ0) is 14.5. The van der Waals surface area contributed by atoms with E-state index in [9.17, 15) is 24.6 Å². The third-order valence-electron chi connectivity index (χ3n) is 3.24. The van der Waals surface area contributed by atoms with Gasteiger partial charge in [0.25, 0.3) is 0 Å². The van der Waals surface area contributed by atoms with Crippen LogP contribution in [0.2, 0.25) is 0 Å². The first kappa shape index (κ1) is 12.9. The fraction of sp³-hybridized carbons (Fsp3) is 0. The van der Waals surface area contributed by atoms with E-state index in [-0.39, 0.29) is 11.1 Å². The first-order chi connectivity index (χ1) is 9.38. The van der Waals surface area contributed by atoms with Crippen molar-refractivity contribution in [3.05, 3.63) is 42.5 Å². The van der Waals surface area contributed by atoms with Crippen LogP contribution in [0.4, 0.5) is 0 Å². The maximum atomic E-state index is 11.6. The Bertz CT molecular complexity index is 881. The number of hydrogen-bond donors (Lipinski definition) is 4. The molecule has 0 aliphatic heterocycles. The number of fused-ring (bicyclic) bond motifs is 2. The van der Waals surface area contributed by atoms with Gasteiger partial charge in [0, 0.05) is 10.8 Å². The number of phenols is 2. The lowest BCUT2D eigenvalue weighted by molar-refractivity contribution is 0.385. The highest BCUT2D eigenvalue weighted by Gasteiger charge is 2.25. The van der Waals surface area contributed by atoms with Crippen LogP contribution in [0.15, 0.2) is 42.5 Å². The molecule has 0 atom stereocenters. The predicted octanol–water partition coefficient (Wildman–Crippen LogP) is 2.21. The molecule has 6 heteroatoms. The number of rotatable bonds is 1. The quantitative estimate of drug-likeness (QED) is 0.407. The van der Waals surface area contributed by atoms with Gasteiger partial charge < -0.3 is 20.0 Å². The minimum absolute atomic E-state index is 0.0180. The molecule has 102 valence electrons. The van der Waals surface area contributed by atoms with Crippen LogP contribution in [0.25, 0.3) is 21.5 Å². The van der Waals surface area contributed by atoms with E-state index in [4.69, 9.17) is 0 Å². The molecule has 4 N–H and O–H groups in total. The van der Waals surface area contributed by atoms with E-state index in [0.717, 1.165) is 5.39 Å². The topological polar surface area (TPSA) is 98.0 Å². The highest BCUT2D eigenvalue weighted by Crippen LogP contribution is 2.41. The summed E-state index contributed by atoms with van der Waals surface area (Å²) in [4.78, 5) is 18.8. The number of aromatic hydroxyl groups is 2. The molecule has 0 aliphatic rings. The third kappa shape index (κ3) is 1.93. The standard InChI is InChI=1S/C14H11O5P/c15-12-3-1-2-8-6-9-4-5-13(16)14(20(17,18)19)11(9)7-10(8)12/h1-7,15-16H,(H2,17,18,19). The van der Waals surface area contributed by atoms with Crippen LogP contribution in [0.5, 0.6) is 11.5 Å². The van der Waals surface area contributed by atoms with Gasteiger partial charge in [0.05, 0.1) is 0 Å². The van der Waals surface area contributed by atoms with Crippen LogP contribution >= 0.6 is 7.60 Å². The highest BCUT2D eigenvalue weighted by atomic mass is 31.2. The summed E-state index contributed by atoms with van der Waals surface area (Å²) in [5.74, 6) is -0.440. The molecular formula is C14H11O5P. The summed E-state index contributed by atoms with van der Waals surface area (Å²) in [6.45, 7) is 0. The van der Waals surface area contributed by atoms with Crippen molar-refractivity contribution in [3.8, 4) is 11.5 Å². The molecule has 0 saturated heterocycles. The summed E-state index contributed by atoms with van der Waals surface area (Å²) in [5, 5.41) is 21.2. The molecule has 20 heavy (non-hydrogen) atoms. The van der Waals surface area contributed by atoms with Gasteiger partial charge in [-0.2, -0.15) is 0 Å². The van der Waals surface area contributed by atoms with E-state index >= 15 is 0 Å². The van der Waals surface area contributed by atoms with Crippen molar-refractivity contribution in [2.75, 3.05) is 0 Å². The van der Waals surface area contributed by atoms with Crippen LogP contribution in [-0.4, -0.2) is 20.0 Å². The molecule has 3 aromatic rings. The van der Waals surface area contributed by atoms with Gasteiger partial charge in [0.1, 0.15) is 16.8 Å². The molecule has 3 aromatic carbocycles. The third-order valence-corrected chi connectivity index (χ3v) is 4.29. The van der Waals surface area contributed by atoms with E-state index < -0.39 is 18.6 Å². The lowest BCUT2D eigenvalue weighted by Crippen LogP contribution is -2.06. The van der Waals surface area contributed by atoms with E-state index in [0.29, 0.717) is 10.8 Å². The van der Waals surface area contributed by atoms with Crippen LogP contribution in [0.3, 0.4) is 0 Å². The molecule has 0 heterocycles. The average molecular weight is 290 g/mol. The van der Waals surface area contributed by atoms with Crippen molar-refractivity contribution in [2.45, 2.75) is 0 Å². The zero-order valence-corrected chi connectivity index (χ0v) is 11.1. The summed E-state index contributed by atoms with van der Waals surface area (Å²) in [5.41, 5.74) is 0. The summed E-state index contributed by atoms with van der Waals surface area (Å²) in [6, 6.07) is 11.0. The van der Waals surface area contributed by atoms with Gasteiger partial charge in [0.2, 0.25) is 0 Å². The van der Waals surface area contributed by atoms with Crippen LogP contribution in [0.1, 0.15) is 0 Å². The number of hydrogen-bond acceptors (Lipinski definition) is 3. The first-order valence-corrected chi connectivity index (χ1v) is 7.43. The molecule has 0 amide bonds. The van der Waals surface area contributed by atoms with Crippen molar-refractivity contribution in [1.29, 1.82) is 0 Å². The molecule has 0 aromatic heterocycles. The minimum atomic E-state index is -4.63. The molecule has 0 radical (unpaired) electrons. The lowest BCUT2D eigenvalue weighted by Gasteiger charge is -2.12. The van der Waals surface area contributed by atoms with E-state index in [2.05, 4.69) is 0 Å². The van der Waals surface area contributed by atoms with Gasteiger partial charge >= 0.3 is 7.60 Å². The second kappa shape index (κ2) is 4.21. The average Bonchev–Trinajstić information content (AvgIpc) is 2.36. The van der Waals surface area contributed by atoms with E-state index in [1.807, 2.05) is 0 Å². The maximum absolute atomic E-state index is 11.6. The summed E-state index contributed by atoms with van der Waals surface area (Å²) >= 11 is 0. The number of benzene rings is 3. The van der Waals surface area contributed by atoms with Gasteiger partial charge in [-0.25, -0.2) is 0 Å². The Morgan fingerprint density at radius 1 is 0.800 bits per heavy atom. The Morgan fingerprint density at radius 2 is 1.50 bits per heavy atom. The molecule has 0 bridgehead atoms. The van der Waals surface area contributed by atoms with E-state index in [1.54, 1.807) is 24.3 Å². The Morgan fingerprint density at radius 3 is 2.20 bits per heavy atom. The lowest BCUT2D eigenvalue weighted by atomic mass is 10.0. The van der Waals surface area contributed by atoms with E-state index in [1.165, 1.54) is 18.2 Å². The Kier molecular flexibility index (Phi) is 2.73. The van der Waals surface area contributed by atoms with Crippen LogP contribution < -0.4 is 5.30 Å². The Balaban J connectivity index is 2.54. The normalized spacial score (nSPS) is 12.1. The van der Waals surface area contributed by atoms with Crippen molar-refractivity contribution in [1.82, 2.24) is 0 Å². The largest absolute Gasteiger partial charge is 0.507 e. The van der Waals surface area contributed by atoms with Gasteiger partial charge in [-0.1, -0.05) is 18.2 Å². The van der Waals surface area contributed by atoms with Crippen LogP contribution in [0, 0.1) is 0 Å². The summed E-state index contributed by atoms with van der Waals surface area (Å²) < 4.78 is 11.6.